The maximum absolute atomic E-state index is 12.3. The van der Waals surface area contributed by atoms with Gasteiger partial charge in [0.1, 0.15) is 11.5 Å². The third-order valence-electron chi connectivity index (χ3n) is 4.20. The number of carbonyl (C=O) groups excluding carboxylic acids is 3. The van der Waals surface area contributed by atoms with E-state index in [0.29, 0.717) is 34.9 Å². The first kappa shape index (κ1) is 20.8. The Kier molecular flexibility index (Phi) is 6.60. The van der Waals surface area contributed by atoms with Gasteiger partial charge in [0.05, 0.1) is 12.2 Å². The summed E-state index contributed by atoms with van der Waals surface area (Å²) in [5.74, 6) is 0.440. The minimum atomic E-state index is -0.365. The number of esters is 1. The quantitative estimate of drug-likeness (QED) is 0.342. The normalized spacial score (nSPS) is 10.7. The fourth-order valence-electron chi connectivity index (χ4n) is 2.76. The van der Waals surface area contributed by atoms with Gasteiger partial charge in [0.25, 0.3) is 0 Å². The Morgan fingerprint density at radius 3 is 2.23 bits per heavy atom. The van der Waals surface area contributed by atoms with Crippen molar-refractivity contribution in [2.45, 2.75) is 13.8 Å². The predicted molar refractivity (Wildman–Crippen MR) is 114 cm³/mol. The van der Waals surface area contributed by atoms with Crippen LogP contribution in [0.25, 0.3) is 17.4 Å². The summed E-state index contributed by atoms with van der Waals surface area (Å²) >= 11 is 0. The summed E-state index contributed by atoms with van der Waals surface area (Å²) in [7, 11) is 0. The Bertz CT molecular complexity index is 1080. The maximum Gasteiger partial charge on any atom is 0.338 e. The minimum absolute atomic E-state index is 0.168. The highest BCUT2D eigenvalue weighted by Crippen LogP contribution is 2.23. The molecular formula is C24H21NO5. The van der Waals surface area contributed by atoms with E-state index in [0.717, 1.165) is 5.56 Å². The highest BCUT2D eigenvalue weighted by Gasteiger charge is 2.09. The van der Waals surface area contributed by atoms with E-state index in [4.69, 9.17) is 9.15 Å². The molecule has 6 heteroatoms. The van der Waals surface area contributed by atoms with E-state index in [-0.39, 0.29) is 17.7 Å². The molecule has 0 fully saturated rings. The van der Waals surface area contributed by atoms with E-state index in [1.165, 1.54) is 13.0 Å². The average Bonchev–Trinajstić information content (AvgIpc) is 3.21. The zero-order chi connectivity index (χ0) is 21.5. The SMILES string of the molecule is CCOC(=O)c1ccc(-c2ccc(C=CC(=O)c3ccc(NC(C)=O)cc3)o2)cc1. The molecule has 6 nitrogen and oxygen atoms in total. The highest BCUT2D eigenvalue weighted by atomic mass is 16.5. The van der Waals surface area contributed by atoms with Crippen molar-refractivity contribution >= 4 is 29.4 Å². The van der Waals surface area contributed by atoms with Crippen LogP contribution in [0.2, 0.25) is 0 Å². The van der Waals surface area contributed by atoms with Crippen LogP contribution >= 0.6 is 0 Å². The molecule has 1 amide bonds. The number of amides is 1. The number of rotatable bonds is 7. The van der Waals surface area contributed by atoms with E-state index in [1.54, 1.807) is 73.7 Å². The smallest absolute Gasteiger partial charge is 0.338 e. The van der Waals surface area contributed by atoms with Gasteiger partial charge >= 0.3 is 5.97 Å². The topological polar surface area (TPSA) is 85.6 Å². The summed E-state index contributed by atoms with van der Waals surface area (Å²) in [4.78, 5) is 35.1. The van der Waals surface area contributed by atoms with E-state index in [1.807, 2.05) is 0 Å². The average molecular weight is 403 g/mol. The molecule has 0 saturated heterocycles. The van der Waals surface area contributed by atoms with Crippen LogP contribution < -0.4 is 5.32 Å². The van der Waals surface area contributed by atoms with Crippen molar-refractivity contribution in [2.75, 3.05) is 11.9 Å². The standard InChI is InChI=1S/C24H21NO5/c1-3-29-24(28)19-6-4-18(5-7-19)23-15-13-21(30-23)12-14-22(27)17-8-10-20(11-9-17)25-16(2)26/h4-15H,3H2,1-2H3,(H,25,26). The van der Waals surface area contributed by atoms with Gasteiger partial charge in [-0.15, -0.1) is 0 Å². The van der Waals surface area contributed by atoms with Crippen LogP contribution in [0.3, 0.4) is 0 Å². The van der Waals surface area contributed by atoms with Gasteiger partial charge in [0.15, 0.2) is 5.78 Å². The van der Waals surface area contributed by atoms with Crippen molar-refractivity contribution in [3.05, 3.63) is 83.6 Å². The number of hydrogen-bond acceptors (Lipinski definition) is 5. The van der Waals surface area contributed by atoms with Gasteiger partial charge in [-0.25, -0.2) is 4.79 Å². The van der Waals surface area contributed by atoms with Crippen LogP contribution in [0.1, 0.15) is 40.3 Å². The van der Waals surface area contributed by atoms with Crippen LogP contribution in [0, 0.1) is 0 Å². The van der Waals surface area contributed by atoms with Crippen LogP contribution in [0.15, 0.2) is 71.2 Å². The Hall–Kier alpha value is -3.93. The number of nitrogens with one attached hydrogen (secondary N) is 1. The predicted octanol–water partition coefficient (Wildman–Crippen LogP) is 4.98. The van der Waals surface area contributed by atoms with Gasteiger partial charge in [-0.2, -0.15) is 0 Å². The molecule has 0 bridgehead atoms. The lowest BCUT2D eigenvalue weighted by atomic mass is 10.1. The van der Waals surface area contributed by atoms with Crippen molar-refractivity contribution in [1.29, 1.82) is 0 Å². The summed E-state index contributed by atoms with van der Waals surface area (Å²) in [5, 5.41) is 2.65. The van der Waals surface area contributed by atoms with E-state index >= 15 is 0 Å². The minimum Gasteiger partial charge on any atom is -0.462 e. The number of benzene rings is 2. The van der Waals surface area contributed by atoms with Crippen molar-refractivity contribution in [3.8, 4) is 11.3 Å². The molecule has 30 heavy (non-hydrogen) atoms. The first-order valence-electron chi connectivity index (χ1n) is 9.43. The molecule has 0 atom stereocenters. The molecular weight excluding hydrogens is 382 g/mol. The molecule has 3 rings (SSSR count). The lowest BCUT2D eigenvalue weighted by Gasteiger charge is -2.02. The second kappa shape index (κ2) is 9.52. The number of ether oxygens (including phenoxy) is 1. The Morgan fingerprint density at radius 1 is 0.933 bits per heavy atom. The summed E-state index contributed by atoms with van der Waals surface area (Å²) in [6.45, 7) is 3.51. The molecule has 152 valence electrons. The van der Waals surface area contributed by atoms with Crippen LogP contribution in [-0.4, -0.2) is 24.3 Å². The van der Waals surface area contributed by atoms with Crippen molar-refractivity contribution in [1.82, 2.24) is 0 Å². The molecule has 3 aromatic rings. The molecule has 0 aliphatic heterocycles. The Morgan fingerprint density at radius 2 is 1.60 bits per heavy atom. The maximum atomic E-state index is 12.3. The van der Waals surface area contributed by atoms with Crippen molar-refractivity contribution in [3.63, 3.8) is 0 Å². The second-order valence-corrected chi connectivity index (χ2v) is 6.46. The molecule has 0 saturated carbocycles. The molecule has 2 aromatic carbocycles. The molecule has 0 radical (unpaired) electrons. The number of allylic oxidation sites excluding steroid dienone is 1. The Labute approximate surface area is 174 Å². The van der Waals surface area contributed by atoms with Gasteiger partial charge in [0.2, 0.25) is 5.91 Å². The molecule has 0 spiro atoms. The third kappa shape index (κ3) is 5.32. The van der Waals surface area contributed by atoms with E-state index < -0.39 is 0 Å². The van der Waals surface area contributed by atoms with Gasteiger partial charge in [-0.05, 0) is 67.6 Å². The van der Waals surface area contributed by atoms with Crippen LogP contribution in [-0.2, 0) is 9.53 Å². The number of furan rings is 1. The molecule has 0 unspecified atom stereocenters. The largest absolute Gasteiger partial charge is 0.462 e. The van der Waals surface area contributed by atoms with Crippen molar-refractivity contribution in [2.24, 2.45) is 0 Å². The highest BCUT2D eigenvalue weighted by molar-refractivity contribution is 6.07. The van der Waals surface area contributed by atoms with Crippen LogP contribution in [0.4, 0.5) is 5.69 Å². The first-order valence-corrected chi connectivity index (χ1v) is 9.43. The Balaban J connectivity index is 1.66. The monoisotopic (exact) mass is 403 g/mol. The van der Waals surface area contributed by atoms with E-state index in [2.05, 4.69) is 5.32 Å². The molecule has 1 heterocycles. The van der Waals surface area contributed by atoms with E-state index in [9.17, 15) is 14.4 Å². The fourth-order valence-corrected chi connectivity index (χ4v) is 2.76. The summed E-state index contributed by atoms with van der Waals surface area (Å²) in [6, 6.07) is 17.1. The second-order valence-electron chi connectivity index (χ2n) is 6.46. The lowest BCUT2D eigenvalue weighted by molar-refractivity contribution is -0.114. The summed E-state index contributed by atoms with van der Waals surface area (Å²) in [6.07, 6.45) is 3.03. The molecule has 0 aliphatic rings. The summed E-state index contributed by atoms with van der Waals surface area (Å²) < 4.78 is 10.7. The van der Waals surface area contributed by atoms with Gasteiger partial charge in [0, 0.05) is 23.7 Å². The fraction of sp³-hybridized carbons (Fsp3) is 0.125. The number of ketones is 1. The zero-order valence-corrected chi connectivity index (χ0v) is 16.7. The van der Waals surface area contributed by atoms with Gasteiger partial charge < -0.3 is 14.5 Å². The number of hydrogen-bond donors (Lipinski definition) is 1. The van der Waals surface area contributed by atoms with Gasteiger partial charge in [-0.1, -0.05) is 12.1 Å². The zero-order valence-electron chi connectivity index (χ0n) is 16.7. The summed E-state index contributed by atoms with van der Waals surface area (Å²) in [5.41, 5.74) is 2.42. The number of carbonyl (C=O) groups is 3. The first-order chi connectivity index (χ1) is 14.5. The molecule has 0 aliphatic carbocycles. The third-order valence-corrected chi connectivity index (χ3v) is 4.20. The molecule has 1 N–H and O–H groups in total. The van der Waals surface area contributed by atoms with Crippen molar-refractivity contribution < 1.29 is 23.5 Å². The lowest BCUT2D eigenvalue weighted by Crippen LogP contribution is -2.05. The number of anilines is 1. The van der Waals surface area contributed by atoms with Crippen LogP contribution in [0.5, 0.6) is 0 Å². The van der Waals surface area contributed by atoms with Gasteiger partial charge in [-0.3, -0.25) is 9.59 Å². The molecule has 1 aromatic heterocycles.